The molecule has 1 unspecified atom stereocenters. The van der Waals surface area contributed by atoms with Crippen LogP contribution >= 0.6 is 0 Å². The molecule has 0 fully saturated rings. The molecule has 0 bridgehead atoms. The third-order valence-corrected chi connectivity index (χ3v) is 4.41. The van der Waals surface area contributed by atoms with Gasteiger partial charge in [-0.1, -0.05) is 11.8 Å². The van der Waals surface area contributed by atoms with Gasteiger partial charge in [0.2, 0.25) is 5.91 Å². The minimum atomic E-state index is -3.15. The van der Waals surface area contributed by atoms with Crippen LogP contribution in [-0.4, -0.2) is 40.9 Å². The van der Waals surface area contributed by atoms with E-state index in [1.807, 2.05) is 0 Å². The second kappa shape index (κ2) is 9.80. The number of carbonyl (C=O) groups is 3. The van der Waals surface area contributed by atoms with Crippen molar-refractivity contribution in [2.45, 2.75) is 24.9 Å². The molecule has 2 aromatic rings. The molecule has 3 amide bonds. The van der Waals surface area contributed by atoms with Crippen molar-refractivity contribution in [3.63, 3.8) is 0 Å². The zero-order chi connectivity index (χ0) is 23.2. The quantitative estimate of drug-likeness (QED) is 0.261. The molecule has 8 nitrogen and oxygen atoms in total. The molecular weight excluding hydrogens is 410 g/mol. The maximum atomic E-state index is 13.2. The summed E-state index contributed by atoms with van der Waals surface area (Å²) in [6, 6.07) is 10.3. The predicted molar refractivity (Wildman–Crippen MR) is 107 cm³/mol. The molecule has 0 saturated heterocycles. The van der Waals surface area contributed by atoms with E-state index < -0.39 is 35.7 Å². The van der Waals surface area contributed by atoms with Crippen LogP contribution in [0.4, 0.5) is 8.78 Å². The Morgan fingerprint density at radius 2 is 1.42 bits per heavy atom. The van der Waals surface area contributed by atoms with Crippen LogP contribution in [0.3, 0.4) is 0 Å². The van der Waals surface area contributed by atoms with Gasteiger partial charge >= 0.3 is 0 Å². The van der Waals surface area contributed by atoms with Gasteiger partial charge in [0.1, 0.15) is 11.6 Å². The zero-order valence-corrected chi connectivity index (χ0v) is 16.4. The fourth-order valence-electron chi connectivity index (χ4n) is 2.48. The van der Waals surface area contributed by atoms with Crippen molar-refractivity contribution in [2.24, 2.45) is 11.5 Å². The van der Waals surface area contributed by atoms with Crippen molar-refractivity contribution in [1.82, 2.24) is 10.8 Å². The van der Waals surface area contributed by atoms with Gasteiger partial charge in [0.05, 0.1) is 0 Å². The summed E-state index contributed by atoms with van der Waals surface area (Å²) in [4.78, 5) is 35.2. The highest BCUT2D eigenvalue weighted by atomic mass is 19.3. The van der Waals surface area contributed by atoms with Gasteiger partial charge in [-0.2, -0.15) is 0 Å². The highest BCUT2D eigenvalue weighted by molar-refractivity contribution is 5.98. The number of primary amides is 1. The number of halogens is 2. The number of nitrogens with one attached hydrogen (secondary N) is 2. The van der Waals surface area contributed by atoms with E-state index in [1.54, 1.807) is 24.3 Å². The lowest BCUT2D eigenvalue weighted by atomic mass is 9.92. The third kappa shape index (κ3) is 5.85. The number of amides is 3. The maximum absolute atomic E-state index is 13.2. The SMILES string of the molecule is CC(N)(C(F)F)[C@H](NC(=O)c1ccc(C#Cc2ccc(C(N)=O)cc2)cc1)C(=O)NO. The molecule has 2 aromatic carbocycles. The Morgan fingerprint density at radius 3 is 1.81 bits per heavy atom. The number of carbonyl (C=O) groups excluding carboxylic acids is 3. The standard InChI is InChI=1S/C21H20F2N4O4/c1-21(25,20(22)23)16(19(30)27-31)26-18(29)15-10-6-13(7-11-15)3-2-12-4-8-14(9-5-12)17(24)28/h4-11,16,20,31H,25H2,1H3,(H2,24,28)(H,26,29)(H,27,30)/t16-,21?/m1/s1. The van der Waals surface area contributed by atoms with E-state index >= 15 is 0 Å². The van der Waals surface area contributed by atoms with E-state index in [0.29, 0.717) is 16.7 Å². The molecule has 31 heavy (non-hydrogen) atoms. The van der Waals surface area contributed by atoms with Gasteiger partial charge < -0.3 is 16.8 Å². The van der Waals surface area contributed by atoms with Gasteiger partial charge in [0, 0.05) is 22.3 Å². The van der Waals surface area contributed by atoms with E-state index in [2.05, 4.69) is 17.2 Å². The molecule has 7 N–H and O–H groups in total. The van der Waals surface area contributed by atoms with Gasteiger partial charge in [0.25, 0.3) is 18.2 Å². The fraction of sp³-hybridized carbons (Fsp3) is 0.190. The number of nitrogens with two attached hydrogens (primary N) is 2. The zero-order valence-electron chi connectivity index (χ0n) is 16.4. The summed E-state index contributed by atoms with van der Waals surface area (Å²) in [5, 5.41) is 10.9. The first-order valence-electron chi connectivity index (χ1n) is 8.90. The van der Waals surface area contributed by atoms with E-state index in [9.17, 15) is 23.2 Å². The van der Waals surface area contributed by atoms with Crippen LogP contribution in [0.2, 0.25) is 0 Å². The average molecular weight is 430 g/mol. The molecule has 10 heteroatoms. The molecule has 0 spiro atoms. The smallest absolute Gasteiger partial charge is 0.268 e. The minimum Gasteiger partial charge on any atom is -0.366 e. The lowest BCUT2D eigenvalue weighted by molar-refractivity contribution is -0.134. The lowest BCUT2D eigenvalue weighted by Gasteiger charge is -2.32. The molecule has 0 aromatic heterocycles. The Morgan fingerprint density at radius 1 is 0.968 bits per heavy atom. The molecule has 0 heterocycles. The lowest BCUT2D eigenvalue weighted by Crippen LogP contribution is -2.66. The van der Waals surface area contributed by atoms with Gasteiger partial charge in [-0.25, -0.2) is 14.3 Å². The Labute approximate surface area is 176 Å². The number of hydrogen-bond acceptors (Lipinski definition) is 5. The van der Waals surface area contributed by atoms with Gasteiger partial charge in [0.15, 0.2) is 0 Å². The predicted octanol–water partition coefficient (Wildman–Crippen LogP) is 0.772. The Kier molecular flexibility index (Phi) is 7.42. The fourth-order valence-corrected chi connectivity index (χ4v) is 2.48. The van der Waals surface area contributed by atoms with Crippen LogP contribution in [0.25, 0.3) is 0 Å². The first-order chi connectivity index (χ1) is 14.6. The van der Waals surface area contributed by atoms with Crippen LogP contribution in [-0.2, 0) is 4.79 Å². The minimum absolute atomic E-state index is 0.0668. The van der Waals surface area contributed by atoms with Crippen molar-refractivity contribution >= 4 is 17.7 Å². The summed E-state index contributed by atoms with van der Waals surface area (Å²) in [5.74, 6) is 3.09. The second-order valence-electron chi connectivity index (χ2n) is 6.82. The molecule has 162 valence electrons. The summed E-state index contributed by atoms with van der Waals surface area (Å²) < 4.78 is 26.4. The van der Waals surface area contributed by atoms with E-state index in [0.717, 1.165) is 6.92 Å². The van der Waals surface area contributed by atoms with Crippen molar-refractivity contribution < 1.29 is 28.4 Å². The highest BCUT2D eigenvalue weighted by Gasteiger charge is 2.44. The Bertz CT molecular complexity index is 1030. The molecule has 2 rings (SSSR count). The monoisotopic (exact) mass is 430 g/mol. The van der Waals surface area contributed by atoms with E-state index in [4.69, 9.17) is 16.7 Å². The summed E-state index contributed by atoms with van der Waals surface area (Å²) in [7, 11) is 0. The van der Waals surface area contributed by atoms with Crippen LogP contribution in [0.5, 0.6) is 0 Å². The first kappa shape index (κ1) is 23.5. The summed E-state index contributed by atoms with van der Waals surface area (Å²) in [6.45, 7) is 0.881. The van der Waals surface area contributed by atoms with Gasteiger partial charge in [-0.3, -0.25) is 19.6 Å². The second-order valence-corrected chi connectivity index (χ2v) is 6.82. The Balaban J connectivity index is 2.14. The van der Waals surface area contributed by atoms with Gasteiger partial charge in [-0.05, 0) is 55.5 Å². The molecule has 0 aliphatic heterocycles. The summed E-state index contributed by atoms with van der Waals surface area (Å²) in [5.41, 5.74) is 11.1. The molecular formula is C21H20F2N4O4. The van der Waals surface area contributed by atoms with E-state index in [-0.39, 0.29) is 5.56 Å². The topological polar surface area (TPSA) is 148 Å². The maximum Gasteiger partial charge on any atom is 0.268 e. The van der Waals surface area contributed by atoms with Crippen LogP contribution < -0.4 is 22.3 Å². The number of alkyl halides is 2. The van der Waals surface area contributed by atoms with Crippen molar-refractivity contribution in [1.29, 1.82) is 0 Å². The van der Waals surface area contributed by atoms with Gasteiger partial charge in [-0.15, -0.1) is 0 Å². The van der Waals surface area contributed by atoms with Crippen LogP contribution in [0, 0.1) is 11.8 Å². The molecule has 2 atom stereocenters. The highest BCUT2D eigenvalue weighted by Crippen LogP contribution is 2.18. The van der Waals surface area contributed by atoms with Crippen LogP contribution in [0.1, 0.15) is 38.8 Å². The van der Waals surface area contributed by atoms with Crippen molar-refractivity contribution in [3.05, 3.63) is 70.8 Å². The number of hydrogen-bond donors (Lipinski definition) is 5. The average Bonchev–Trinajstić information content (AvgIpc) is 2.75. The molecule has 0 aliphatic carbocycles. The first-order valence-corrected chi connectivity index (χ1v) is 8.90. The molecule has 0 radical (unpaired) electrons. The van der Waals surface area contributed by atoms with E-state index in [1.165, 1.54) is 29.7 Å². The third-order valence-electron chi connectivity index (χ3n) is 4.41. The number of benzene rings is 2. The largest absolute Gasteiger partial charge is 0.366 e. The van der Waals surface area contributed by atoms with Crippen LogP contribution in [0.15, 0.2) is 48.5 Å². The summed E-state index contributed by atoms with van der Waals surface area (Å²) >= 11 is 0. The number of hydroxylamine groups is 1. The van der Waals surface area contributed by atoms with Crippen molar-refractivity contribution in [2.75, 3.05) is 0 Å². The molecule has 0 saturated carbocycles. The molecule has 0 aliphatic rings. The number of rotatable bonds is 6. The summed E-state index contributed by atoms with van der Waals surface area (Å²) in [6.07, 6.45) is -3.15. The van der Waals surface area contributed by atoms with Crippen molar-refractivity contribution in [3.8, 4) is 11.8 Å². The Hall–Kier alpha value is -3.81. The normalized spacial score (nSPS) is 13.4.